The highest BCUT2D eigenvalue weighted by Gasteiger charge is 2.63. The molecule has 2 aromatic carbocycles. The van der Waals surface area contributed by atoms with E-state index in [0.29, 0.717) is 17.7 Å². The zero-order valence-electron chi connectivity index (χ0n) is 21.4. The average molecular weight is 552 g/mol. The predicted molar refractivity (Wildman–Crippen MR) is 143 cm³/mol. The van der Waals surface area contributed by atoms with Gasteiger partial charge >= 0.3 is 16.2 Å². The maximum Gasteiger partial charge on any atom is 0.325 e. The van der Waals surface area contributed by atoms with Crippen LogP contribution < -0.4 is 14.2 Å². The summed E-state index contributed by atoms with van der Waals surface area (Å²) in [5.41, 5.74) is 3.84. The molecule has 39 heavy (non-hydrogen) atoms. The van der Waals surface area contributed by atoms with Gasteiger partial charge in [-0.15, -0.1) is 0 Å². The first-order valence-electron chi connectivity index (χ1n) is 13.0. The smallest absolute Gasteiger partial charge is 0.325 e. The number of carbonyl (C=O) groups is 3. The molecule has 1 aromatic heterocycles. The summed E-state index contributed by atoms with van der Waals surface area (Å²) < 4.78 is 34.9. The summed E-state index contributed by atoms with van der Waals surface area (Å²) in [6.45, 7) is 0.235. The van der Waals surface area contributed by atoms with Crippen molar-refractivity contribution < 1.29 is 32.6 Å². The summed E-state index contributed by atoms with van der Waals surface area (Å²) in [6, 6.07) is 10.9. The van der Waals surface area contributed by atoms with Crippen molar-refractivity contribution in [1.82, 2.24) is 14.0 Å². The highest BCUT2D eigenvalue weighted by Crippen LogP contribution is 2.65. The molecule has 11 heteroatoms. The topological polar surface area (TPSA) is 144 Å². The Labute approximate surface area is 225 Å². The number of rotatable bonds is 7. The molecule has 0 bridgehead atoms. The van der Waals surface area contributed by atoms with Crippen LogP contribution >= 0.6 is 0 Å². The number of nitrogens with zero attached hydrogens (tertiary/aromatic N) is 1. The van der Waals surface area contributed by atoms with Crippen LogP contribution in [0.1, 0.15) is 71.8 Å². The van der Waals surface area contributed by atoms with Gasteiger partial charge in [-0.1, -0.05) is 25.3 Å². The van der Waals surface area contributed by atoms with Crippen molar-refractivity contribution in [2.75, 3.05) is 7.11 Å². The Morgan fingerprint density at radius 3 is 2.59 bits per heavy atom. The summed E-state index contributed by atoms with van der Waals surface area (Å²) in [4.78, 5) is 36.2. The van der Waals surface area contributed by atoms with Crippen LogP contribution in [0.4, 0.5) is 0 Å². The second kappa shape index (κ2) is 9.11. The van der Waals surface area contributed by atoms with Gasteiger partial charge in [-0.3, -0.25) is 14.4 Å². The first-order chi connectivity index (χ1) is 18.7. The van der Waals surface area contributed by atoms with Crippen LogP contribution in [0.15, 0.2) is 36.4 Å². The van der Waals surface area contributed by atoms with Crippen LogP contribution in [-0.2, 0) is 26.3 Å². The van der Waals surface area contributed by atoms with Gasteiger partial charge in [0.15, 0.2) is 0 Å². The van der Waals surface area contributed by atoms with Crippen molar-refractivity contribution in [3.63, 3.8) is 0 Å². The summed E-state index contributed by atoms with van der Waals surface area (Å²) in [5, 5.41) is 11.3. The molecule has 2 aliphatic carbocycles. The summed E-state index contributed by atoms with van der Waals surface area (Å²) >= 11 is 0. The van der Waals surface area contributed by atoms with Crippen LogP contribution in [0, 0.1) is 5.41 Å². The van der Waals surface area contributed by atoms with Crippen molar-refractivity contribution in [3.05, 3.63) is 53.1 Å². The van der Waals surface area contributed by atoms with Crippen molar-refractivity contribution in [2.45, 2.75) is 56.9 Å². The zero-order chi connectivity index (χ0) is 27.5. The third-order valence-electron chi connectivity index (χ3n) is 8.64. The number of ether oxygens (including phenoxy) is 1. The predicted octanol–water partition coefficient (Wildman–Crippen LogP) is 3.66. The van der Waals surface area contributed by atoms with Gasteiger partial charge in [-0.05, 0) is 66.6 Å². The fourth-order valence-corrected chi connectivity index (χ4v) is 7.24. The Balaban J connectivity index is 1.60. The Hall–Kier alpha value is -3.86. The highest BCUT2D eigenvalue weighted by molar-refractivity contribution is 7.88. The third kappa shape index (κ3) is 4.07. The number of carboxylic acids is 1. The third-order valence-corrected chi connectivity index (χ3v) is 9.50. The number of carboxylic acid groups (broad SMARTS) is 1. The van der Waals surface area contributed by atoms with Crippen LogP contribution in [0.25, 0.3) is 22.2 Å². The molecule has 3 aliphatic rings. The molecule has 3 N–H and O–H groups in total. The van der Waals surface area contributed by atoms with Gasteiger partial charge in [0.1, 0.15) is 5.75 Å². The fraction of sp³-hybridized carbons (Fsp3) is 0.393. The minimum atomic E-state index is -4.35. The lowest BCUT2D eigenvalue weighted by molar-refractivity contribution is -0.144. The molecular formula is C28H29N3O7S. The minimum absolute atomic E-state index is 0.0218. The van der Waals surface area contributed by atoms with E-state index in [1.54, 1.807) is 24.0 Å². The molecular weight excluding hydrogens is 522 g/mol. The van der Waals surface area contributed by atoms with E-state index in [-0.39, 0.29) is 30.4 Å². The normalized spacial score (nSPS) is 22.1. The number of nitrogens with one attached hydrogen (secondary N) is 2. The van der Waals surface area contributed by atoms with Gasteiger partial charge < -0.3 is 14.4 Å². The molecule has 10 nitrogen and oxygen atoms in total. The number of hydrogen-bond acceptors (Lipinski definition) is 6. The highest BCUT2D eigenvalue weighted by atomic mass is 32.2. The SMILES string of the molecule is COc1ccc2c(c1)C1CC1(C(=O)O)Cn1c-2c(C2CCCCC2)c2ccc(C(=O)NS(=O)(=O)NC=O)cc21. The Kier molecular flexibility index (Phi) is 5.94. The Bertz CT molecular complexity index is 1640. The quantitative estimate of drug-likeness (QED) is 0.380. The maximum atomic E-state index is 12.9. The molecule has 2 atom stereocenters. The second-order valence-corrected chi connectivity index (χ2v) is 12.2. The maximum absolute atomic E-state index is 12.9. The fourth-order valence-electron chi connectivity index (χ4n) is 6.70. The number of benzene rings is 2. The molecule has 3 aromatic rings. The minimum Gasteiger partial charge on any atom is -0.497 e. The van der Waals surface area contributed by atoms with Crippen molar-refractivity contribution >= 4 is 39.4 Å². The van der Waals surface area contributed by atoms with E-state index in [1.165, 1.54) is 6.42 Å². The van der Waals surface area contributed by atoms with Crippen LogP contribution in [0.3, 0.4) is 0 Å². The molecule has 0 spiro atoms. The van der Waals surface area contributed by atoms with E-state index in [0.717, 1.165) is 53.5 Å². The van der Waals surface area contributed by atoms with Gasteiger partial charge in [-0.2, -0.15) is 8.42 Å². The van der Waals surface area contributed by atoms with Gasteiger partial charge in [0.2, 0.25) is 6.41 Å². The molecule has 204 valence electrons. The molecule has 0 saturated heterocycles. The van der Waals surface area contributed by atoms with Gasteiger partial charge in [0.25, 0.3) is 5.91 Å². The number of fused-ring (bicyclic) bond motifs is 7. The lowest BCUT2D eigenvalue weighted by Crippen LogP contribution is -2.39. The summed E-state index contributed by atoms with van der Waals surface area (Å²) in [7, 11) is -2.76. The van der Waals surface area contributed by atoms with E-state index >= 15 is 0 Å². The number of carbonyl (C=O) groups excluding carboxylic acids is 2. The van der Waals surface area contributed by atoms with Crippen LogP contribution in [0.2, 0.25) is 0 Å². The van der Waals surface area contributed by atoms with E-state index < -0.39 is 27.5 Å². The van der Waals surface area contributed by atoms with E-state index in [2.05, 4.69) is 0 Å². The number of amides is 2. The van der Waals surface area contributed by atoms with E-state index in [4.69, 9.17) is 4.74 Å². The monoisotopic (exact) mass is 551 g/mol. The van der Waals surface area contributed by atoms with Gasteiger partial charge in [0, 0.05) is 34.5 Å². The first-order valence-corrected chi connectivity index (χ1v) is 14.5. The lowest BCUT2D eigenvalue weighted by atomic mass is 9.81. The number of aliphatic carboxylic acids is 1. The van der Waals surface area contributed by atoms with Crippen molar-refractivity contribution in [2.24, 2.45) is 5.41 Å². The average Bonchev–Trinajstić information content (AvgIpc) is 3.59. The molecule has 1 aliphatic heterocycles. The van der Waals surface area contributed by atoms with Gasteiger partial charge in [-0.25, -0.2) is 9.44 Å². The lowest BCUT2D eigenvalue weighted by Gasteiger charge is -2.24. The van der Waals surface area contributed by atoms with E-state index in [9.17, 15) is 27.9 Å². The van der Waals surface area contributed by atoms with Crippen molar-refractivity contribution in [1.29, 1.82) is 0 Å². The molecule has 6 rings (SSSR count). The number of hydrogen-bond donors (Lipinski definition) is 3. The zero-order valence-corrected chi connectivity index (χ0v) is 22.2. The van der Waals surface area contributed by atoms with Gasteiger partial charge in [0.05, 0.1) is 18.2 Å². The second-order valence-electron chi connectivity index (χ2n) is 10.8. The van der Waals surface area contributed by atoms with Crippen LogP contribution in [0.5, 0.6) is 5.75 Å². The molecule has 0 radical (unpaired) electrons. The molecule has 2 unspecified atom stereocenters. The van der Waals surface area contributed by atoms with E-state index in [1.807, 2.05) is 33.6 Å². The van der Waals surface area contributed by atoms with Crippen molar-refractivity contribution in [3.8, 4) is 17.0 Å². The Morgan fingerprint density at radius 1 is 1.13 bits per heavy atom. The molecule has 2 amide bonds. The first kappa shape index (κ1) is 25.4. The summed E-state index contributed by atoms with van der Waals surface area (Å²) in [6.07, 6.45) is 5.90. The Morgan fingerprint density at radius 2 is 1.90 bits per heavy atom. The molecule has 2 saturated carbocycles. The summed E-state index contributed by atoms with van der Waals surface area (Å²) in [5.74, 6) is -0.972. The van der Waals surface area contributed by atoms with Crippen LogP contribution in [-0.4, -0.2) is 43.5 Å². The standard InChI is InChI=1S/C28H29N3O7S/c1-38-18-8-10-19-21(12-18)22-13-28(22,27(34)35)14-31-23-11-17(26(33)30-39(36,37)29-15-32)7-9-20(23)24(25(19)31)16-5-3-2-4-6-16/h7-12,15-16,22H,2-6,13-14H2,1H3,(H,29,32)(H,30,33)(H,34,35). The number of aromatic nitrogens is 1. The largest absolute Gasteiger partial charge is 0.497 e. The molecule has 2 heterocycles. The molecule has 2 fully saturated rings. The number of methoxy groups -OCH3 is 1.